The molecule has 4 heteroatoms. The van der Waals surface area contributed by atoms with Gasteiger partial charge in [-0.3, -0.25) is 9.79 Å². The molecule has 1 atom stereocenters. The second kappa shape index (κ2) is 6.58. The van der Waals surface area contributed by atoms with E-state index in [0.29, 0.717) is 6.42 Å². The molecule has 90 valence electrons. The Morgan fingerprint density at radius 1 is 1.41 bits per heavy atom. The molecule has 17 heavy (non-hydrogen) atoms. The second-order valence-corrected chi connectivity index (χ2v) is 3.85. The number of hydrogen-bond donors (Lipinski definition) is 1. The Morgan fingerprint density at radius 2 is 2.06 bits per heavy atom. The number of hydrogen-bond acceptors (Lipinski definition) is 3. The van der Waals surface area contributed by atoms with Crippen LogP contribution < -0.4 is 0 Å². The van der Waals surface area contributed by atoms with Crippen LogP contribution in [0, 0.1) is 5.92 Å². The lowest BCUT2D eigenvalue weighted by molar-refractivity contribution is -0.141. The standard InChI is InChI=1S/C13H15NO3/c1-10(13(16)17)8-11-2-4-12(5-3-11)9-14-6-7-15/h2-5,7,9-10H,6,8H2,1H3,(H,16,17). The fourth-order valence-electron chi connectivity index (χ4n) is 1.38. The monoisotopic (exact) mass is 233 g/mol. The van der Waals surface area contributed by atoms with Crippen LogP contribution in [0.15, 0.2) is 29.3 Å². The van der Waals surface area contributed by atoms with Crippen LogP contribution in [0.2, 0.25) is 0 Å². The van der Waals surface area contributed by atoms with Gasteiger partial charge >= 0.3 is 5.97 Å². The summed E-state index contributed by atoms with van der Waals surface area (Å²) in [5.41, 5.74) is 1.88. The summed E-state index contributed by atoms with van der Waals surface area (Å²) in [6.45, 7) is 1.85. The smallest absolute Gasteiger partial charge is 0.306 e. The average molecular weight is 233 g/mol. The first-order valence-corrected chi connectivity index (χ1v) is 5.38. The van der Waals surface area contributed by atoms with Crippen molar-refractivity contribution in [2.45, 2.75) is 13.3 Å². The third kappa shape index (κ3) is 4.59. The third-order valence-corrected chi connectivity index (χ3v) is 2.36. The van der Waals surface area contributed by atoms with E-state index in [2.05, 4.69) is 4.99 Å². The van der Waals surface area contributed by atoms with Crippen molar-refractivity contribution in [1.82, 2.24) is 0 Å². The van der Waals surface area contributed by atoms with Gasteiger partial charge in [0.2, 0.25) is 0 Å². The quantitative estimate of drug-likeness (QED) is 0.599. The molecule has 1 unspecified atom stereocenters. The highest BCUT2D eigenvalue weighted by atomic mass is 16.4. The predicted molar refractivity (Wildman–Crippen MR) is 65.5 cm³/mol. The summed E-state index contributed by atoms with van der Waals surface area (Å²) in [4.78, 5) is 24.6. The number of rotatable bonds is 6. The molecule has 0 radical (unpaired) electrons. The topological polar surface area (TPSA) is 66.7 Å². The number of nitrogens with zero attached hydrogens (tertiary/aromatic N) is 1. The maximum atomic E-state index is 10.7. The number of carboxylic acid groups (broad SMARTS) is 1. The minimum atomic E-state index is -0.790. The lowest BCUT2D eigenvalue weighted by Gasteiger charge is -2.05. The maximum Gasteiger partial charge on any atom is 0.306 e. The van der Waals surface area contributed by atoms with Crippen molar-refractivity contribution in [2.75, 3.05) is 6.54 Å². The lowest BCUT2D eigenvalue weighted by Crippen LogP contribution is -2.12. The maximum absolute atomic E-state index is 10.7. The van der Waals surface area contributed by atoms with Gasteiger partial charge in [-0.15, -0.1) is 0 Å². The van der Waals surface area contributed by atoms with Gasteiger partial charge in [-0.05, 0) is 17.5 Å². The van der Waals surface area contributed by atoms with E-state index in [9.17, 15) is 9.59 Å². The van der Waals surface area contributed by atoms with Crippen LogP contribution in [0.5, 0.6) is 0 Å². The summed E-state index contributed by atoms with van der Waals surface area (Å²) in [5.74, 6) is -1.17. The molecule has 0 bridgehead atoms. The molecule has 0 saturated carbocycles. The molecule has 0 saturated heterocycles. The van der Waals surface area contributed by atoms with Crippen molar-refractivity contribution < 1.29 is 14.7 Å². The molecule has 1 N–H and O–H groups in total. The van der Waals surface area contributed by atoms with Gasteiger partial charge in [0, 0.05) is 6.21 Å². The minimum absolute atomic E-state index is 0.164. The number of aldehydes is 1. The van der Waals surface area contributed by atoms with Crippen LogP contribution in [0.1, 0.15) is 18.1 Å². The summed E-state index contributed by atoms with van der Waals surface area (Å²) < 4.78 is 0. The number of benzene rings is 1. The van der Waals surface area contributed by atoms with E-state index in [-0.39, 0.29) is 12.5 Å². The Bertz CT molecular complexity index is 409. The molecule has 1 aromatic carbocycles. The van der Waals surface area contributed by atoms with E-state index in [1.54, 1.807) is 13.1 Å². The molecule has 0 spiro atoms. The van der Waals surface area contributed by atoms with Gasteiger partial charge in [-0.25, -0.2) is 0 Å². The highest BCUT2D eigenvalue weighted by Gasteiger charge is 2.10. The molecular weight excluding hydrogens is 218 g/mol. The van der Waals surface area contributed by atoms with E-state index in [0.717, 1.165) is 17.4 Å². The van der Waals surface area contributed by atoms with Crippen LogP contribution >= 0.6 is 0 Å². The molecule has 1 rings (SSSR count). The molecule has 0 aromatic heterocycles. The van der Waals surface area contributed by atoms with Gasteiger partial charge in [0.25, 0.3) is 0 Å². The van der Waals surface area contributed by atoms with E-state index >= 15 is 0 Å². The van der Waals surface area contributed by atoms with E-state index in [4.69, 9.17) is 5.11 Å². The number of carbonyl (C=O) groups is 2. The van der Waals surface area contributed by atoms with E-state index < -0.39 is 5.97 Å². The largest absolute Gasteiger partial charge is 0.481 e. The van der Waals surface area contributed by atoms with Gasteiger partial charge in [0.1, 0.15) is 6.29 Å². The molecular formula is C13H15NO3. The van der Waals surface area contributed by atoms with Crippen LogP contribution in [-0.2, 0) is 16.0 Å². The zero-order valence-electron chi connectivity index (χ0n) is 9.67. The summed E-state index contributed by atoms with van der Waals surface area (Å²) in [7, 11) is 0. The van der Waals surface area contributed by atoms with Crippen molar-refractivity contribution in [1.29, 1.82) is 0 Å². The third-order valence-electron chi connectivity index (χ3n) is 2.36. The first-order valence-electron chi connectivity index (χ1n) is 5.38. The fourth-order valence-corrected chi connectivity index (χ4v) is 1.38. The van der Waals surface area contributed by atoms with Crippen LogP contribution in [0.4, 0.5) is 0 Å². The molecule has 4 nitrogen and oxygen atoms in total. The number of carbonyl (C=O) groups excluding carboxylic acids is 1. The van der Waals surface area contributed by atoms with E-state index in [1.165, 1.54) is 0 Å². The SMILES string of the molecule is CC(Cc1ccc(C=NCC=O)cc1)C(=O)O. The first-order chi connectivity index (χ1) is 8.13. The summed E-state index contributed by atoms with van der Waals surface area (Å²) in [6, 6.07) is 7.47. The molecule has 0 aliphatic rings. The van der Waals surface area contributed by atoms with Gasteiger partial charge < -0.3 is 9.90 Å². The summed E-state index contributed by atoms with van der Waals surface area (Å²) in [6.07, 6.45) is 2.87. The zero-order chi connectivity index (χ0) is 12.7. The second-order valence-electron chi connectivity index (χ2n) is 3.85. The number of carboxylic acids is 1. The van der Waals surface area contributed by atoms with Crippen molar-refractivity contribution in [3.63, 3.8) is 0 Å². The molecule has 0 amide bonds. The summed E-state index contributed by atoms with van der Waals surface area (Å²) in [5, 5.41) is 8.79. The highest BCUT2D eigenvalue weighted by Crippen LogP contribution is 2.09. The molecule has 0 aliphatic heterocycles. The first kappa shape index (κ1) is 13.1. The van der Waals surface area contributed by atoms with Crippen molar-refractivity contribution >= 4 is 18.5 Å². The lowest BCUT2D eigenvalue weighted by atomic mass is 10.0. The minimum Gasteiger partial charge on any atom is -0.481 e. The molecule has 0 heterocycles. The van der Waals surface area contributed by atoms with E-state index in [1.807, 2.05) is 24.3 Å². The number of aliphatic carboxylic acids is 1. The van der Waals surface area contributed by atoms with Crippen molar-refractivity contribution in [2.24, 2.45) is 10.9 Å². The molecule has 0 aliphatic carbocycles. The normalized spacial score (nSPS) is 12.5. The Hall–Kier alpha value is -1.97. The summed E-state index contributed by atoms with van der Waals surface area (Å²) >= 11 is 0. The van der Waals surface area contributed by atoms with Crippen LogP contribution in [-0.4, -0.2) is 30.1 Å². The Balaban J connectivity index is 2.61. The molecule has 1 aromatic rings. The van der Waals surface area contributed by atoms with Crippen molar-refractivity contribution in [3.8, 4) is 0 Å². The van der Waals surface area contributed by atoms with Crippen LogP contribution in [0.3, 0.4) is 0 Å². The van der Waals surface area contributed by atoms with Gasteiger partial charge in [0.15, 0.2) is 0 Å². The van der Waals surface area contributed by atoms with Gasteiger partial charge in [0.05, 0.1) is 12.5 Å². The van der Waals surface area contributed by atoms with Crippen LogP contribution in [0.25, 0.3) is 0 Å². The molecule has 0 fully saturated rings. The number of aliphatic imine (C=N–C) groups is 1. The van der Waals surface area contributed by atoms with Gasteiger partial charge in [-0.1, -0.05) is 31.2 Å². The van der Waals surface area contributed by atoms with Gasteiger partial charge in [-0.2, -0.15) is 0 Å². The van der Waals surface area contributed by atoms with Crippen molar-refractivity contribution in [3.05, 3.63) is 35.4 Å². The Kier molecular flexibility index (Phi) is 5.07. The highest BCUT2D eigenvalue weighted by molar-refractivity contribution is 5.80. The Labute approximate surface area is 100.0 Å². The fraction of sp³-hybridized carbons (Fsp3) is 0.308. The predicted octanol–water partition coefficient (Wildman–Crippen LogP) is 1.57. The average Bonchev–Trinajstić information content (AvgIpc) is 2.31. The zero-order valence-corrected chi connectivity index (χ0v) is 9.67. The Morgan fingerprint density at radius 3 is 2.59 bits per heavy atom.